The summed E-state index contributed by atoms with van der Waals surface area (Å²) in [6.45, 7) is 2.74. The Kier molecular flexibility index (Phi) is 4.32. The van der Waals surface area contributed by atoms with Crippen molar-refractivity contribution in [1.82, 2.24) is 14.8 Å². The second-order valence-corrected chi connectivity index (χ2v) is 5.63. The van der Waals surface area contributed by atoms with E-state index in [1.54, 1.807) is 10.7 Å². The Balaban J connectivity index is 1.87. The van der Waals surface area contributed by atoms with Crippen molar-refractivity contribution in [3.63, 3.8) is 0 Å². The molecule has 0 fully saturated rings. The Morgan fingerprint density at radius 2 is 1.91 bits per heavy atom. The van der Waals surface area contributed by atoms with E-state index in [-0.39, 0.29) is 0 Å². The van der Waals surface area contributed by atoms with Crippen molar-refractivity contribution in [3.05, 3.63) is 70.0 Å². The molecule has 112 valence electrons. The summed E-state index contributed by atoms with van der Waals surface area (Å²) in [5.74, 6) is 0.618. The Bertz CT molecular complexity index is 798. The van der Waals surface area contributed by atoms with Crippen LogP contribution in [0.1, 0.15) is 11.1 Å². The molecule has 22 heavy (non-hydrogen) atoms. The van der Waals surface area contributed by atoms with Crippen LogP contribution in [0, 0.1) is 6.92 Å². The van der Waals surface area contributed by atoms with Crippen LogP contribution < -0.4 is 5.32 Å². The molecule has 2 aromatic carbocycles. The van der Waals surface area contributed by atoms with E-state index < -0.39 is 0 Å². The average molecular weight is 333 g/mol. The lowest BCUT2D eigenvalue weighted by Crippen LogP contribution is -2.08. The van der Waals surface area contributed by atoms with Crippen LogP contribution in [0.15, 0.2) is 48.8 Å². The van der Waals surface area contributed by atoms with E-state index in [1.807, 2.05) is 24.3 Å². The molecule has 3 rings (SSSR count). The summed E-state index contributed by atoms with van der Waals surface area (Å²) < 4.78 is 1.65. The van der Waals surface area contributed by atoms with Gasteiger partial charge >= 0.3 is 0 Å². The number of nitrogens with zero attached hydrogens (tertiary/aromatic N) is 3. The van der Waals surface area contributed by atoms with Crippen LogP contribution in [0.2, 0.25) is 10.0 Å². The molecule has 1 N–H and O–H groups in total. The molecule has 1 aromatic heterocycles. The summed E-state index contributed by atoms with van der Waals surface area (Å²) in [4.78, 5) is 4.25. The molecule has 1 heterocycles. The molecule has 0 aliphatic heterocycles. The molecule has 0 saturated heterocycles. The number of nitrogens with one attached hydrogen (secondary N) is 1. The minimum atomic E-state index is 0.452. The third-order valence-electron chi connectivity index (χ3n) is 3.41. The fourth-order valence-electron chi connectivity index (χ4n) is 2.18. The van der Waals surface area contributed by atoms with Gasteiger partial charge in [0, 0.05) is 6.54 Å². The maximum atomic E-state index is 6.25. The second-order valence-electron chi connectivity index (χ2n) is 4.85. The quantitative estimate of drug-likeness (QED) is 0.765. The first-order valence-corrected chi connectivity index (χ1v) is 7.55. The molecule has 0 saturated carbocycles. The van der Waals surface area contributed by atoms with Crippen LogP contribution in [0.3, 0.4) is 0 Å². The number of hydrogen-bond acceptors (Lipinski definition) is 3. The van der Waals surface area contributed by atoms with E-state index in [4.69, 9.17) is 23.2 Å². The predicted molar refractivity (Wildman–Crippen MR) is 89.9 cm³/mol. The van der Waals surface area contributed by atoms with Crippen LogP contribution in [0.5, 0.6) is 0 Å². The molecule has 6 heteroatoms. The lowest BCUT2D eigenvalue weighted by atomic mass is 10.1. The van der Waals surface area contributed by atoms with Crippen molar-refractivity contribution < 1.29 is 0 Å². The van der Waals surface area contributed by atoms with Crippen LogP contribution in [-0.2, 0) is 6.54 Å². The van der Waals surface area contributed by atoms with E-state index in [0.29, 0.717) is 28.2 Å². The lowest BCUT2D eigenvalue weighted by molar-refractivity contribution is 0.872. The fraction of sp³-hybridized carbons (Fsp3) is 0.125. The Hall–Kier alpha value is -2.04. The van der Waals surface area contributed by atoms with Gasteiger partial charge in [0.05, 0.1) is 15.7 Å². The zero-order valence-corrected chi connectivity index (χ0v) is 13.4. The number of halogens is 2. The molecule has 0 aliphatic rings. The molecule has 0 unspecified atom stereocenters. The van der Waals surface area contributed by atoms with E-state index in [2.05, 4.69) is 34.5 Å². The third kappa shape index (κ3) is 2.93. The monoisotopic (exact) mass is 332 g/mol. The first kappa shape index (κ1) is 14.9. The Morgan fingerprint density at radius 3 is 2.73 bits per heavy atom. The van der Waals surface area contributed by atoms with E-state index in [1.165, 1.54) is 17.5 Å². The SMILES string of the molecule is Cc1ccccc1CNc1ncnn1-c1cccc(Cl)c1Cl. The lowest BCUT2D eigenvalue weighted by Gasteiger charge is -2.11. The molecule has 0 amide bonds. The minimum absolute atomic E-state index is 0.452. The van der Waals surface area contributed by atoms with Crippen molar-refractivity contribution in [2.75, 3.05) is 5.32 Å². The topological polar surface area (TPSA) is 42.7 Å². The number of aryl methyl sites for hydroxylation is 1. The molecule has 0 atom stereocenters. The number of rotatable bonds is 4. The van der Waals surface area contributed by atoms with Crippen molar-refractivity contribution in [2.45, 2.75) is 13.5 Å². The smallest absolute Gasteiger partial charge is 0.226 e. The normalized spacial score (nSPS) is 10.7. The highest BCUT2D eigenvalue weighted by Crippen LogP contribution is 2.29. The predicted octanol–water partition coefficient (Wildman–Crippen LogP) is 4.49. The largest absolute Gasteiger partial charge is 0.350 e. The van der Waals surface area contributed by atoms with Gasteiger partial charge in [-0.15, -0.1) is 0 Å². The highest BCUT2D eigenvalue weighted by molar-refractivity contribution is 6.43. The third-order valence-corrected chi connectivity index (χ3v) is 4.21. The first-order chi connectivity index (χ1) is 10.7. The van der Waals surface area contributed by atoms with Gasteiger partial charge in [-0.3, -0.25) is 0 Å². The zero-order valence-electron chi connectivity index (χ0n) is 11.9. The maximum Gasteiger partial charge on any atom is 0.226 e. The fourth-order valence-corrected chi connectivity index (χ4v) is 2.55. The van der Waals surface area contributed by atoms with Crippen LogP contribution in [0.4, 0.5) is 5.95 Å². The summed E-state index contributed by atoms with van der Waals surface area (Å²) in [6.07, 6.45) is 1.48. The molecule has 0 radical (unpaired) electrons. The number of aromatic nitrogens is 3. The van der Waals surface area contributed by atoms with Gasteiger partial charge in [-0.2, -0.15) is 14.8 Å². The summed E-state index contributed by atoms with van der Waals surface area (Å²) in [5, 5.41) is 8.44. The summed E-state index contributed by atoms with van der Waals surface area (Å²) >= 11 is 12.3. The van der Waals surface area contributed by atoms with Gasteiger partial charge in [-0.25, -0.2) is 0 Å². The Labute approximate surface area is 138 Å². The molecular formula is C16H14Cl2N4. The number of benzene rings is 2. The van der Waals surface area contributed by atoms with Crippen LogP contribution in [0.25, 0.3) is 5.69 Å². The van der Waals surface area contributed by atoms with Crippen molar-refractivity contribution in [2.24, 2.45) is 0 Å². The summed E-state index contributed by atoms with van der Waals surface area (Å²) in [5.41, 5.74) is 3.12. The molecule has 0 spiro atoms. The van der Waals surface area contributed by atoms with Gasteiger partial charge in [0.15, 0.2) is 0 Å². The summed E-state index contributed by atoms with van der Waals surface area (Å²) in [6, 6.07) is 13.6. The highest BCUT2D eigenvalue weighted by atomic mass is 35.5. The highest BCUT2D eigenvalue weighted by Gasteiger charge is 2.12. The second kappa shape index (κ2) is 6.38. The molecular weight excluding hydrogens is 319 g/mol. The standard InChI is InChI=1S/C16H14Cl2N4/c1-11-5-2-3-6-12(11)9-19-16-20-10-21-22(16)14-8-4-7-13(17)15(14)18/h2-8,10H,9H2,1H3,(H,19,20,21). The van der Waals surface area contributed by atoms with E-state index in [9.17, 15) is 0 Å². The molecule has 4 nitrogen and oxygen atoms in total. The number of hydrogen-bond donors (Lipinski definition) is 1. The summed E-state index contributed by atoms with van der Waals surface area (Å²) in [7, 11) is 0. The number of anilines is 1. The Morgan fingerprint density at radius 1 is 1.09 bits per heavy atom. The first-order valence-electron chi connectivity index (χ1n) is 6.79. The van der Waals surface area contributed by atoms with Gasteiger partial charge in [-0.1, -0.05) is 53.5 Å². The molecule has 3 aromatic rings. The van der Waals surface area contributed by atoms with Crippen molar-refractivity contribution >= 4 is 29.2 Å². The van der Waals surface area contributed by atoms with E-state index in [0.717, 1.165) is 0 Å². The van der Waals surface area contributed by atoms with Gasteiger partial charge in [0.1, 0.15) is 6.33 Å². The van der Waals surface area contributed by atoms with Gasteiger partial charge in [-0.05, 0) is 30.2 Å². The van der Waals surface area contributed by atoms with Crippen LogP contribution >= 0.6 is 23.2 Å². The maximum absolute atomic E-state index is 6.25. The van der Waals surface area contributed by atoms with E-state index >= 15 is 0 Å². The van der Waals surface area contributed by atoms with Gasteiger partial charge < -0.3 is 5.32 Å². The average Bonchev–Trinajstić information content (AvgIpc) is 2.97. The molecule has 0 bridgehead atoms. The molecule has 0 aliphatic carbocycles. The van der Waals surface area contributed by atoms with Gasteiger partial charge in [0.25, 0.3) is 0 Å². The minimum Gasteiger partial charge on any atom is -0.350 e. The van der Waals surface area contributed by atoms with Crippen LogP contribution in [-0.4, -0.2) is 14.8 Å². The van der Waals surface area contributed by atoms with Gasteiger partial charge in [0.2, 0.25) is 5.95 Å². The van der Waals surface area contributed by atoms with Crippen molar-refractivity contribution in [1.29, 1.82) is 0 Å². The zero-order chi connectivity index (χ0) is 15.5. The van der Waals surface area contributed by atoms with Crippen molar-refractivity contribution in [3.8, 4) is 5.69 Å².